The molecule has 0 aromatic heterocycles. The quantitative estimate of drug-likeness (QED) is 0.824. The summed E-state index contributed by atoms with van der Waals surface area (Å²) in [5.74, 6) is 0.897. The molecule has 3 nitrogen and oxygen atoms in total. The second-order valence-corrected chi connectivity index (χ2v) is 6.49. The van der Waals surface area contributed by atoms with Crippen LogP contribution in [0.15, 0.2) is 0 Å². The smallest absolute Gasteiger partial charge is 0.221 e. The predicted molar refractivity (Wildman–Crippen MR) is 79.1 cm³/mol. The van der Waals surface area contributed by atoms with Gasteiger partial charge in [0.25, 0.3) is 0 Å². The van der Waals surface area contributed by atoms with Crippen LogP contribution >= 0.6 is 0 Å². The summed E-state index contributed by atoms with van der Waals surface area (Å²) < 4.78 is 0. The molecule has 1 saturated heterocycles. The molecular formula is C16H30N2O. The van der Waals surface area contributed by atoms with Crippen molar-refractivity contribution in [2.45, 2.75) is 83.2 Å². The van der Waals surface area contributed by atoms with Crippen molar-refractivity contribution in [2.24, 2.45) is 5.92 Å². The summed E-state index contributed by atoms with van der Waals surface area (Å²) in [6.45, 7) is 3.34. The van der Waals surface area contributed by atoms with Gasteiger partial charge in [-0.2, -0.15) is 0 Å². The molecule has 1 aliphatic heterocycles. The van der Waals surface area contributed by atoms with E-state index in [-0.39, 0.29) is 5.91 Å². The highest BCUT2D eigenvalue weighted by molar-refractivity contribution is 5.76. The Morgan fingerprint density at radius 3 is 2.42 bits per heavy atom. The van der Waals surface area contributed by atoms with E-state index < -0.39 is 0 Å². The Kier molecular flexibility index (Phi) is 6.15. The lowest BCUT2D eigenvalue weighted by Crippen LogP contribution is -2.45. The topological polar surface area (TPSA) is 41.1 Å². The number of hydrogen-bond acceptors (Lipinski definition) is 2. The Bertz CT molecular complexity index is 272. The first-order valence-corrected chi connectivity index (χ1v) is 8.28. The normalized spacial score (nSPS) is 30.4. The van der Waals surface area contributed by atoms with E-state index in [0.717, 1.165) is 6.54 Å². The lowest BCUT2D eigenvalue weighted by Gasteiger charge is -2.30. The van der Waals surface area contributed by atoms with Gasteiger partial charge >= 0.3 is 0 Å². The first-order valence-electron chi connectivity index (χ1n) is 8.28. The van der Waals surface area contributed by atoms with Crippen molar-refractivity contribution in [1.29, 1.82) is 0 Å². The number of piperidine rings is 1. The molecule has 0 aromatic rings. The van der Waals surface area contributed by atoms with Crippen LogP contribution < -0.4 is 10.6 Å². The fourth-order valence-electron chi connectivity index (χ4n) is 3.47. The minimum Gasteiger partial charge on any atom is -0.353 e. The van der Waals surface area contributed by atoms with Gasteiger partial charge in [0, 0.05) is 18.5 Å². The lowest BCUT2D eigenvalue weighted by atomic mass is 9.90. The van der Waals surface area contributed by atoms with Gasteiger partial charge in [-0.15, -0.1) is 0 Å². The minimum absolute atomic E-state index is 0.261. The highest BCUT2D eigenvalue weighted by Crippen LogP contribution is 2.19. The average Bonchev–Trinajstić information content (AvgIpc) is 2.35. The van der Waals surface area contributed by atoms with Crippen LogP contribution in [-0.4, -0.2) is 24.5 Å². The van der Waals surface area contributed by atoms with Crippen LogP contribution in [0.25, 0.3) is 0 Å². The first-order chi connectivity index (χ1) is 9.25. The summed E-state index contributed by atoms with van der Waals surface area (Å²) in [7, 11) is 0. The molecule has 2 rings (SSSR count). The summed E-state index contributed by atoms with van der Waals surface area (Å²) in [6, 6.07) is 0.828. The van der Waals surface area contributed by atoms with E-state index in [4.69, 9.17) is 0 Å². The Labute approximate surface area is 117 Å². The molecule has 2 fully saturated rings. The molecule has 2 N–H and O–H groups in total. The summed E-state index contributed by atoms with van der Waals surface area (Å²) in [6.07, 6.45) is 12.2. The number of amides is 1. The highest BCUT2D eigenvalue weighted by Gasteiger charge is 2.24. The van der Waals surface area contributed by atoms with E-state index in [2.05, 4.69) is 17.6 Å². The average molecular weight is 266 g/mol. The van der Waals surface area contributed by atoms with Crippen molar-refractivity contribution in [3.8, 4) is 0 Å². The third kappa shape index (κ3) is 5.13. The maximum absolute atomic E-state index is 12.2. The molecule has 2 aliphatic rings. The van der Waals surface area contributed by atoms with Gasteiger partial charge in [0.1, 0.15) is 0 Å². The van der Waals surface area contributed by atoms with Crippen LogP contribution in [0.4, 0.5) is 0 Å². The second kappa shape index (κ2) is 7.88. The third-order valence-electron chi connectivity index (χ3n) is 4.81. The molecule has 1 aliphatic carbocycles. The minimum atomic E-state index is 0.261. The van der Waals surface area contributed by atoms with E-state index in [9.17, 15) is 4.79 Å². The monoisotopic (exact) mass is 266 g/mol. The molecule has 1 amide bonds. The van der Waals surface area contributed by atoms with Crippen LogP contribution in [0.2, 0.25) is 0 Å². The molecule has 19 heavy (non-hydrogen) atoms. The zero-order valence-electron chi connectivity index (χ0n) is 12.4. The molecule has 0 aromatic carbocycles. The first kappa shape index (κ1) is 14.8. The predicted octanol–water partition coefficient (Wildman–Crippen LogP) is 2.99. The van der Waals surface area contributed by atoms with Gasteiger partial charge in [-0.25, -0.2) is 0 Å². The van der Waals surface area contributed by atoms with Crippen molar-refractivity contribution in [1.82, 2.24) is 10.6 Å². The Morgan fingerprint density at radius 2 is 1.74 bits per heavy atom. The fourth-order valence-corrected chi connectivity index (χ4v) is 3.47. The van der Waals surface area contributed by atoms with Crippen LogP contribution in [0.1, 0.15) is 71.1 Å². The van der Waals surface area contributed by atoms with E-state index in [1.165, 1.54) is 57.8 Å². The molecule has 1 saturated carbocycles. The van der Waals surface area contributed by atoms with Gasteiger partial charge in [-0.1, -0.05) is 39.0 Å². The van der Waals surface area contributed by atoms with Crippen LogP contribution in [0.3, 0.4) is 0 Å². The summed E-state index contributed by atoms with van der Waals surface area (Å²) in [5.41, 5.74) is 0. The summed E-state index contributed by atoms with van der Waals surface area (Å²) in [5, 5.41) is 6.77. The van der Waals surface area contributed by atoms with Crippen molar-refractivity contribution in [3.05, 3.63) is 0 Å². The third-order valence-corrected chi connectivity index (χ3v) is 4.81. The number of carbonyl (C=O) groups excluding carboxylic acids is 1. The van der Waals surface area contributed by atoms with Gasteiger partial charge in [0.2, 0.25) is 5.91 Å². The molecule has 0 radical (unpaired) electrons. The van der Waals surface area contributed by atoms with Gasteiger partial charge in [-0.3, -0.25) is 4.79 Å². The standard InChI is InChI=1S/C16H30N2O/c1-13-8-7-11-17-15(13)12-16(19)18-14-9-5-3-2-4-6-10-14/h13-15,17H,2-12H2,1H3,(H,18,19). The summed E-state index contributed by atoms with van der Waals surface area (Å²) >= 11 is 0. The maximum atomic E-state index is 12.2. The van der Waals surface area contributed by atoms with Crippen LogP contribution in [0, 0.1) is 5.92 Å². The van der Waals surface area contributed by atoms with E-state index in [1.807, 2.05) is 0 Å². The molecule has 110 valence electrons. The zero-order valence-corrected chi connectivity index (χ0v) is 12.4. The highest BCUT2D eigenvalue weighted by atomic mass is 16.1. The Morgan fingerprint density at radius 1 is 1.05 bits per heavy atom. The fraction of sp³-hybridized carbons (Fsp3) is 0.938. The van der Waals surface area contributed by atoms with Crippen molar-refractivity contribution in [3.63, 3.8) is 0 Å². The van der Waals surface area contributed by atoms with E-state index >= 15 is 0 Å². The maximum Gasteiger partial charge on any atom is 0.221 e. The van der Waals surface area contributed by atoms with Crippen LogP contribution in [0.5, 0.6) is 0 Å². The largest absolute Gasteiger partial charge is 0.353 e. The van der Waals surface area contributed by atoms with Crippen molar-refractivity contribution < 1.29 is 4.79 Å². The summed E-state index contributed by atoms with van der Waals surface area (Å²) in [4.78, 5) is 12.2. The van der Waals surface area contributed by atoms with Gasteiger partial charge < -0.3 is 10.6 Å². The number of rotatable bonds is 3. The number of nitrogens with one attached hydrogen (secondary N) is 2. The molecule has 0 bridgehead atoms. The molecule has 2 atom stereocenters. The van der Waals surface area contributed by atoms with Crippen molar-refractivity contribution >= 4 is 5.91 Å². The number of carbonyl (C=O) groups is 1. The van der Waals surface area contributed by atoms with Gasteiger partial charge in [0.15, 0.2) is 0 Å². The van der Waals surface area contributed by atoms with Gasteiger partial charge in [-0.05, 0) is 38.1 Å². The SMILES string of the molecule is CC1CCCNC1CC(=O)NC1CCCCCCC1. The molecule has 3 heteroatoms. The van der Waals surface area contributed by atoms with Crippen LogP contribution in [-0.2, 0) is 4.79 Å². The molecule has 0 spiro atoms. The lowest BCUT2D eigenvalue weighted by molar-refractivity contribution is -0.122. The Hall–Kier alpha value is -0.570. The van der Waals surface area contributed by atoms with Crippen molar-refractivity contribution in [2.75, 3.05) is 6.54 Å². The number of hydrogen-bond donors (Lipinski definition) is 2. The molecular weight excluding hydrogens is 236 g/mol. The molecule has 1 heterocycles. The zero-order chi connectivity index (χ0) is 13.5. The second-order valence-electron chi connectivity index (χ2n) is 6.49. The van der Waals surface area contributed by atoms with E-state index in [0.29, 0.717) is 24.4 Å². The Balaban J connectivity index is 1.72. The van der Waals surface area contributed by atoms with E-state index in [1.54, 1.807) is 0 Å². The molecule has 2 unspecified atom stereocenters. The van der Waals surface area contributed by atoms with Gasteiger partial charge in [0.05, 0.1) is 0 Å².